The van der Waals surface area contributed by atoms with Crippen LogP contribution < -0.4 is 10.4 Å². The highest BCUT2D eigenvalue weighted by atomic mass is 35.5. The monoisotopic (exact) mass is 440 g/mol. The first-order valence-electron chi connectivity index (χ1n) is 9.86. The molecule has 0 aliphatic carbocycles. The minimum Gasteiger partial charge on any atom is -0.495 e. The number of ether oxygens (including phenoxy) is 1. The van der Waals surface area contributed by atoms with Crippen LogP contribution >= 0.6 is 11.6 Å². The van der Waals surface area contributed by atoms with Gasteiger partial charge in [-0.25, -0.2) is 4.79 Å². The van der Waals surface area contributed by atoms with E-state index in [4.69, 9.17) is 16.3 Å². The zero-order valence-electron chi connectivity index (χ0n) is 17.3. The molecule has 0 radical (unpaired) electrons. The van der Waals surface area contributed by atoms with Gasteiger partial charge in [0.25, 0.3) is 0 Å². The van der Waals surface area contributed by atoms with Gasteiger partial charge in [0.15, 0.2) is 0 Å². The van der Waals surface area contributed by atoms with Crippen molar-refractivity contribution < 1.29 is 4.74 Å². The van der Waals surface area contributed by atoms with E-state index in [1.165, 1.54) is 0 Å². The summed E-state index contributed by atoms with van der Waals surface area (Å²) in [6.07, 6.45) is 1.70. The third kappa shape index (κ3) is 3.03. The summed E-state index contributed by atoms with van der Waals surface area (Å²) in [4.78, 5) is 17.8. The van der Waals surface area contributed by atoms with Crippen LogP contribution in [0, 0.1) is 11.3 Å². The molecule has 156 valence electrons. The summed E-state index contributed by atoms with van der Waals surface area (Å²) in [5.74, 6) is 0.588. The summed E-state index contributed by atoms with van der Waals surface area (Å²) < 4.78 is 8.56. The maximum atomic E-state index is 13.2. The predicted octanol–water partition coefficient (Wildman–Crippen LogP) is 5.08. The number of hydrogen-bond acceptors (Lipinski definition) is 4. The fourth-order valence-electron chi connectivity index (χ4n) is 3.97. The highest BCUT2D eigenvalue weighted by molar-refractivity contribution is 6.32. The van der Waals surface area contributed by atoms with Gasteiger partial charge in [-0.3, -0.25) is 14.1 Å². The minimum atomic E-state index is -0.206. The van der Waals surface area contributed by atoms with Crippen molar-refractivity contribution >= 4 is 33.5 Å². The average molecular weight is 441 g/mol. The molecule has 0 amide bonds. The van der Waals surface area contributed by atoms with Gasteiger partial charge in [-0.2, -0.15) is 5.26 Å². The smallest absolute Gasteiger partial charge is 0.333 e. The summed E-state index contributed by atoms with van der Waals surface area (Å²) >= 11 is 6.19. The van der Waals surface area contributed by atoms with Gasteiger partial charge in [-0.1, -0.05) is 29.8 Å². The molecule has 3 aromatic carbocycles. The van der Waals surface area contributed by atoms with Crippen molar-refractivity contribution in [1.82, 2.24) is 14.1 Å². The van der Waals surface area contributed by atoms with E-state index < -0.39 is 0 Å². The lowest BCUT2D eigenvalue weighted by Crippen LogP contribution is -2.20. The Morgan fingerprint density at radius 1 is 1.06 bits per heavy atom. The molecule has 0 saturated heterocycles. The van der Waals surface area contributed by atoms with Crippen LogP contribution in [0.15, 0.2) is 71.7 Å². The maximum Gasteiger partial charge on any atom is 0.333 e. The summed E-state index contributed by atoms with van der Waals surface area (Å²) in [5.41, 5.74) is 4.98. The van der Waals surface area contributed by atoms with Crippen molar-refractivity contribution in [1.29, 1.82) is 5.26 Å². The number of hydrogen-bond donors (Lipinski definition) is 0. The van der Waals surface area contributed by atoms with Crippen LogP contribution in [0.1, 0.15) is 5.56 Å². The highest BCUT2D eigenvalue weighted by Gasteiger charge is 2.17. The molecule has 0 aliphatic rings. The molecule has 0 spiro atoms. The molecular formula is C25H17ClN4O2. The van der Waals surface area contributed by atoms with Gasteiger partial charge >= 0.3 is 5.69 Å². The second-order valence-electron chi connectivity index (χ2n) is 7.41. The Morgan fingerprint density at radius 2 is 1.84 bits per heavy atom. The van der Waals surface area contributed by atoms with Crippen LogP contribution in [-0.4, -0.2) is 21.2 Å². The molecule has 5 rings (SSSR count). The van der Waals surface area contributed by atoms with Crippen LogP contribution in [0.25, 0.3) is 38.8 Å². The number of fused-ring (bicyclic) bond motifs is 3. The van der Waals surface area contributed by atoms with Gasteiger partial charge < -0.3 is 4.74 Å². The van der Waals surface area contributed by atoms with Gasteiger partial charge in [-0.05, 0) is 53.6 Å². The van der Waals surface area contributed by atoms with Crippen molar-refractivity contribution in [3.63, 3.8) is 0 Å². The second kappa shape index (κ2) is 7.56. The largest absolute Gasteiger partial charge is 0.495 e. The zero-order valence-corrected chi connectivity index (χ0v) is 18.1. The van der Waals surface area contributed by atoms with Gasteiger partial charge in [0.1, 0.15) is 5.75 Å². The number of benzene rings is 3. The van der Waals surface area contributed by atoms with Gasteiger partial charge in [0.2, 0.25) is 0 Å². The van der Waals surface area contributed by atoms with Crippen molar-refractivity contribution in [3.8, 4) is 28.6 Å². The van der Waals surface area contributed by atoms with E-state index >= 15 is 0 Å². The molecule has 0 aliphatic heterocycles. The van der Waals surface area contributed by atoms with Gasteiger partial charge in [0.05, 0.1) is 52.2 Å². The Labute approximate surface area is 188 Å². The molecule has 5 aromatic rings. The molecule has 0 saturated carbocycles. The Hall–Kier alpha value is -4.08. The van der Waals surface area contributed by atoms with Crippen molar-refractivity contribution in [2.45, 2.75) is 0 Å². The number of halogens is 1. The SMILES string of the molecule is COc1cc(-c2ccc3ncc4c(c3c2)n(-c2cccc(C#N)c2)c(=O)n4C)ccc1Cl. The molecule has 0 N–H and O–H groups in total. The van der Waals surface area contributed by atoms with E-state index in [1.54, 1.807) is 53.8 Å². The first kappa shape index (κ1) is 19.9. The van der Waals surface area contributed by atoms with Crippen LogP contribution in [0.3, 0.4) is 0 Å². The summed E-state index contributed by atoms with van der Waals surface area (Å²) in [6.45, 7) is 0. The predicted molar refractivity (Wildman–Crippen MR) is 126 cm³/mol. The Balaban J connectivity index is 1.84. The minimum absolute atomic E-state index is 0.206. The number of aromatic nitrogens is 3. The van der Waals surface area contributed by atoms with Gasteiger partial charge in [0, 0.05) is 12.4 Å². The molecule has 32 heavy (non-hydrogen) atoms. The fraction of sp³-hybridized carbons (Fsp3) is 0.0800. The molecule has 0 bridgehead atoms. The van der Waals surface area contributed by atoms with Crippen LogP contribution in [0.5, 0.6) is 5.75 Å². The number of rotatable bonds is 3. The number of aryl methyl sites for hydroxylation is 1. The molecule has 0 atom stereocenters. The van der Waals surface area contributed by atoms with E-state index in [0.29, 0.717) is 27.5 Å². The number of pyridine rings is 1. The molecule has 2 heterocycles. The molecular weight excluding hydrogens is 424 g/mol. The summed E-state index contributed by atoms with van der Waals surface area (Å²) in [5, 5.41) is 10.7. The van der Waals surface area contributed by atoms with Crippen LogP contribution in [0.2, 0.25) is 5.02 Å². The second-order valence-corrected chi connectivity index (χ2v) is 7.82. The molecule has 6 nitrogen and oxygen atoms in total. The van der Waals surface area contributed by atoms with Crippen LogP contribution in [0.4, 0.5) is 0 Å². The fourth-order valence-corrected chi connectivity index (χ4v) is 4.16. The number of methoxy groups -OCH3 is 1. The molecule has 7 heteroatoms. The van der Waals surface area contributed by atoms with Gasteiger partial charge in [-0.15, -0.1) is 0 Å². The molecule has 0 unspecified atom stereocenters. The molecule has 2 aromatic heterocycles. The van der Waals surface area contributed by atoms with Crippen LogP contribution in [-0.2, 0) is 7.05 Å². The first-order valence-corrected chi connectivity index (χ1v) is 10.2. The number of nitriles is 1. The van der Waals surface area contributed by atoms with E-state index in [0.717, 1.165) is 27.5 Å². The normalized spacial score (nSPS) is 11.1. The first-order chi connectivity index (χ1) is 15.5. The lowest BCUT2D eigenvalue weighted by atomic mass is 10.0. The summed E-state index contributed by atoms with van der Waals surface area (Å²) in [7, 11) is 3.30. The lowest BCUT2D eigenvalue weighted by Gasteiger charge is -2.10. The highest BCUT2D eigenvalue weighted by Crippen LogP contribution is 2.33. The lowest BCUT2D eigenvalue weighted by molar-refractivity contribution is 0.415. The van der Waals surface area contributed by atoms with E-state index in [2.05, 4.69) is 11.1 Å². The van der Waals surface area contributed by atoms with E-state index in [-0.39, 0.29) is 5.69 Å². The number of nitrogens with zero attached hydrogens (tertiary/aromatic N) is 4. The van der Waals surface area contributed by atoms with E-state index in [9.17, 15) is 10.1 Å². The maximum absolute atomic E-state index is 13.2. The quantitative estimate of drug-likeness (QED) is 0.392. The third-order valence-corrected chi connectivity index (χ3v) is 5.91. The van der Waals surface area contributed by atoms with Crippen molar-refractivity contribution in [2.75, 3.05) is 7.11 Å². The molecule has 0 fully saturated rings. The Kier molecular flexibility index (Phi) is 4.69. The van der Waals surface area contributed by atoms with Crippen molar-refractivity contribution in [2.24, 2.45) is 7.05 Å². The zero-order chi connectivity index (χ0) is 22.4. The third-order valence-electron chi connectivity index (χ3n) is 5.60. The van der Waals surface area contributed by atoms with Crippen molar-refractivity contribution in [3.05, 3.63) is 87.9 Å². The Morgan fingerprint density at radius 3 is 2.62 bits per heavy atom. The topological polar surface area (TPSA) is 72.8 Å². The van der Waals surface area contributed by atoms with E-state index in [1.807, 2.05) is 36.4 Å². The average Bonchev–Trinajstić information content (AvgIpc) is 3.09. The Bertz CT molecular complexity index is 1630. The standard InChI is InChI=1S/C25H17ClN4O2/c1-29-22-14-28-21-9-7-16(17-6-8-20(26)23(12-17)32-2)11-19(21)24(22)30(25(29)31)18-5-3-4-15(10-18)13-27/h3-12,14H,1-2H3. The summed E-state index contributed by atoms with van der Waals surface area (Å²) in [6, 6.07) is 20.7. The number of imidazole rings is 1.